The van der Waals surface area contributed by atoms with E-state index < -0.39 is 0 Å². The largest absolute Gasteiger partial charge is 0.309 e. The van der Waals surface area contributed by atoms with Crippen LogP contribution in [0.15, 0.2) is 205 Å². The number of benzene rings is 8. The van der Waals surface area contributed by atoms with E-state index in [1.807, 2.05) is 54.6 Å². The molecule has 0 atom stereocenters. The molecule has 0 aliphatic heterocycles. The Bertz CT molecular complexity index is 3690. The van der Waals surface area contributed by atoms with Gasteiger partial charge in [-0.2, -0.15) is 0 Å². The Labute approximate surface area is 338 Å². The minimum absolute atomic E-state index is 0.163. The summed E-state index contributed by atoms with van der Waals surface area (Å²) in [6.07, 6.45) is 1.70. The van der Waals surface area contributed by atoms with Crippen molar-refractivity contribution in [3.8, 4) is 39.6 Å². The molecule has 0 radical (unpaired) electrons. The fourth-order valence-corrected chi connectivity index (χ4v) is 9.12. The van der Waals surface area contributed by atoms with E-state index in [4.69, 9.17) is 9.97 Å². The van der Waals surface area contributed by atoms with Crippen LogP contribution in [0.5, 0.6) is 0 Å². The second-order valence-electron chi connectivity index (χ2n) is 15.0. The van der Waals surface area contributed by atoms with E-state index in [9.17, 15) is 4.79 Å². The first-order valence-corrected chi connectivity index (χ1v) is 19.8. The number of rotatable bonds is 5. The smallest absolute Gasteiger partial charge is 0.266 e. The van der Waals surface area contributed by atoms with Gasteiger partial charge in [-0.05, 0) is 76.9 Å². The van der Waals surface area contributed by atoms with Crippen LogP contribution in [0.4, 0.5) is 0 Å². The molecule has 8 aromatic carbocycles. The second kappa shape index (κ2) is 13.0. The maximum atomic E-state index is 14.6. The number of nitrogens with zero attached hydrogens (tertiary/aromatic N) is 5. The Morgan fingerprint density at radius 1 is 0.356 bits per heavy atom. The SMILES string of the molecule is O=c1c2cnc(-n3c4ccccc4c4c5c6ccccc6n(-c6cccc(-c7ccccc7)c6)c5ccc43)nc2c2ccccc2n1-c1cccc(-c2ccccc2)c1. The van der Waals surface area contributed by atoms with Crippen LogP contribution in [-0.2, 0) is 0 Å². The van der Waals surface area contributed by atoms with Crippen molar-refractivity contribution in [3.63, 3.8) is 0 Å². The van der Waals surface area contributed by atoms with Crippen LogP contribution in [0.2, 0.25) is 0 Å². The number of pyridine rings is 1. The summed E-state index contributed by atoms with van der Waals surface area (Å²) in [6.45, 7) is 0. The lowest BCUT2D eigenvalue weighted by Gasteiger charge is -2.15. The molecular weight excluding hydrogens is 723 g/mol. The molecule has 0 saturated heterocycles. The Balaban J connectivity index is 1.09. The summed E-state index contributed by atoms with van der Waals surface area (Å²) >= 11 is 0. The summed E-state index contributed by atoms with van der Waals surface area (Å²) < 4.78 is 6.31. The van der Waals surface area contributed by atoms with E-state index in [1.165, 1.54) is 21.9 Å². The molecule has 0 saturated carbocycles. The molecule has 12 aromatic rings. The molecule has 0 bridgehead atoms. The maximum Gasteiger partial charge on any atom is 0.266 e. The van der Waals surface area contributed by atoms with Crippen molar-refractivity contribution in [3.05, 3.63) is 211 Å². The summed E-state index contributed by atoms with van der Waals surface area (Å²) in [6, 6.07) is 67.2. The van der Waals surface area contributed by atoms with Crippen molar-refractivity contribution in [1.29, 1.82) is 0 Å². The van der Waals surface area contributed by atoms with Gasteiger partial charge in [0.25, 0.3) is 5.56 Å². The van der Waals surface area contributed by atoms with Crippen LogP contribution >= 0.6 is 0 Å². The van der Waals surface area contributed by atoms with Crippen molar-refractivity contribution in [2.45, 2.75) is 0 Å². The van der Waals surface area contributed by atoms with Gasteiger partial charge < -0.3 is 4.57 Å². The van der Waals surface area contributed by atoms with Crippen LogP contribution in [0.1, 0.15) is 0 Å². The quantitative estimate of drug-likeness (QED) is 0.164. The first-order valence-electron chi connectivity index (χ1n) is 19.8. The zero-order valence-corrected chi connectivity index (χ0v) is 31.7. The Morgan fingerprint density at radius 2 is 0.814 bits per heavy atom. The van der Waals surface area contributed by atoms with Crippen LogP contribution < -0.4 is 5.56 Å². The van der Waals surface area contributed by atoms with E-state index in [-0.39, 0.29) is 5.56 Å². The van der Waals surface area contributed by atoms with Crippen LogP contribution in [0, 0.1) is 0 Å². The van der Waals surface area contributed by atoms with Gasteiger partial charge in [0.05, 0.1) is 38.5 Å². The summed E-state index contributed by atoms with van der Waals surface area (Å²) in [5.41, 5.74) is 11.8. The molecular formula is C53H33N5O. The van der Waals surface area contributed by atoms with E-state index in [0.29, 0.717) is 16.9 Å². The molecule has 4 heterocycles. The average Bonchev–Trinajstić information content (AvgIpc) is 3.83. The molecule has 0 fully saturated rings. The third kappa shape index (κ3) is 5.03. The maximum absolute atomic E-state index is 14.6. The highest BCUT2D eigenvalue weighted by atomic mass is 16.1. The zero-order valence-electron chi connectivity index (χ0n) is 31.7. The average molecular weight is 756 g/mol. The highest BCUT2D eigenvalue weighted by Gasteiger charge is 2.23. The highest BCUT2D eigenvalue weighted by molar-refractivity contribution is 6.28. The molecule has 276 valence electrons. The molecule has 4 aromatic heterocycles. The summed E-state index contributed by atoms with van der Waals surface area (Å²) in [5, 5.41) is 5.92. The van der Waals surface area contributed by atoms with Gasteiger partial charge in [-0.3, -0.25) is 13.9 Å². The van der Waals surface area contributed by atoms with E-state index >= 15 is 0 Å². The molecule has 12 rings (SSSR count). The Hall–Kier alpha value is -8.09. The van der Waals surface area contributed by atoms with Gasteiger partial charge in [0.2, 0.25) is 5.95 Å². The van der Waals surface area contributed by atoms with Gasteiger partial charge >= 0.3 is 0 Å². The third-order valence-electron chi connectivity index (χ3n) is 11.7. The third-order valence-corrected chi connectivity index (χ3v) is 11.7. The van der Waals surface area contributed by atoms with Crippen molar-refractivity contribution in [2.24, 2.45) is 0 Å². The van der Waals surface area contributed by atoms with E-state index in [2.05, 4.69) is 149 Å². The van der Waals surface area contributed by atoms with Gasteiger partial charge in [0.15, 0.2) is 0 Å². The van der Waals surface area contributed by atoms with Gasteiger partial charge in [0, 0.05) is 44.5 Å². The second-order valence-corrected chi connectivity index (χ2v) is 15.0. The summed E-state index contributed by atoms with van der Waals surface area (Å²) in [5.74, 6) is 0.510. The van der Waals surface area contributed by atoms with Gasteiger partial charge in [-0.15, -0.1) is 0 Å². The van der Waals surface area contributed by atoms with Crippen molar-refractivity contribution in [1.82, 2.24) is 23.7 Å². The first kappa shape index (κ1) is 33.1. The van der Waals surface area contributed by atoms with Gasteiger partial charge in [-0.1, -0.05) is 140 Å². The van der Waals surface area contributed by atoms with Crippen molar-refractivity contribution >= 4 is 65.4 Å². The predicted octanol–water partition coefficient (Wildman–Crippen LogP) is 12.5. The molecule has 0 aliphatic rings. The minimum atomic E-state index is -0.163. The minimum Gasteiger partial charge on any atom is -0.309 e. The molecule has 0 spiro atoms. The standard InChI is InChI=1S/C53H33N5O/c59-52-43-33-54-53(55-51(43)42-25-9-12-28-46(42)57(52)39-22-14-20-37(32-39)35-17-5-2-6-18-35)58-45-27-11-8-24-41(45)50-48(58)30-29-47-49(50)40-23-7-10-26-44(40)56(47)38-21-13-19-36(31-38)34-15-3-1-4-16-34/h1-33H. The fraction of sp³-hybridized carbons (Fsp3) is 0. The molecule has 0 amide bonds. The predicted molar refractivity (Wildman–Crippen MR) is 242 cm³/mol. The Morgan fingerprint density at radius 3 is 1.41 bits per heavy atom. The highest BCUT2D eigenvalue weighted by Crippen LogP contribution is 2.42. The number of fused-ring (bicyclic) bond motifs is 10. The van der Waals surface area contributed by atoms with Crippen molar-refractivity contribution < 1.29 is 0 Å². The number of para-hydroxylation sites is 3. The summed E-state index contributed by atoms with van der Waals surface area (Å²) in [4.78, 5) is 24.8. The van der Waals surface area contributed by atoms with Gasteiger partial charge in [0.1, 0.15) is 0 Å². The number of aromatic nitrogens is 5. The molecule has 0 unspecified atom stereocenters. The monoisotopic (exact) mass is 755 g/mol. The van der Waals surface area contributed by atoms with E-state index in [1.54, 1.807) is 10.8 Å². The number of hydrogen-bond acceptors (Lipinski definition) is 3. The van der Waals surface area contributed by atoms with Crippen molar-refractivity contribution in [2.75, 3.05) is 0 Å². The summed E-state index contributed by atoms with van der Waals surface area (Å²) in [7, 11) is 0. The topological polar surface area (TPSA) is 57.6 Å². The lowest BCUT2D eigenvalue weighted by Crippen LogP contribution is -2.20. The van der Waals surface area contributed by atoms with Gasteiger partial charge in [-0.25, -0.2) is 9.97 Å². The van der Waals surface area contributed by atoms with Crippen LogP contribution in [-0.4, -0.2) is 23.7 Å². The molecule has 6 heteroatoms. The Kier molecular flexibility index (Phi) is 7.28. The lowest BCUT2D eigenvalue weighted by molar-refractivity contribution is 1.00. The first-order chi connectivity index (χ1) is 29.2. The molecule has 59 heavy (non-hydrogen) atoms. The normalized spacial score (nSPS) is 11.8. The van der Waals surface area contributed by atoms with Crippen LogP contribution in [0.25, 0.3) is 105 Å². The zero-order chi connectivity index (χ0) is 39.0. The molecule has 0 N–H and O–H groups in total. The van der Waals surface area contributed by atoms with E-state index in [0.717, 1.165) is 66.2 Å². The van der Waals surface area contributed by atoms with Crippen LogP contribution in [0.3, 0.4) is 0 Å². The number of hydrogen-bond donors (Lipinski definition) is 0. The lowest BCUT2D eigenvalue weighted by atomic mass is 10.0. The molecule has 0 aliphatic carbocycles. The fourth-order valence-electron chi connectivity index (χ4n) is 9.12. The molecule has 6 nitrogen and oxygen atoms in total.